The van der Waals surface area contributed by atoms with E-state index in [0.29, 0.717) is 16.8 Å². The van der Waals surface area contributed by atoms with E-state index in [1.165, 1.54) is 0 Å². The molecule has 2 heterocycles. The second-order valence-electron chi connectivity index (χ2n) is 2.48. The molecule has 0 N–H and O–H groups in total. The van der Waals surface area contributed by atoms with Gasteiger partial charge >= 0.3 is 0 Å². The van der Waals surface area contributed by atoms with Gasteiger partial charge in [0, 0.05) is 18.5 Å². The molecule has 0 aliphatic rings. The van der Waals surface area contributed by atoms with Gasteiger partial charge in [-0.25, -0.2) is 0 Å². The molecule has 0 atom stereocenters. The lowest BCUT2D eigenvalue weighted by Gasteiger charge is -2.01. The number of nitrogens with zero attached hydrogens (tertiary/aromatic N) is 3. The van der Waals surface area contributed by atoms with Crippen LogP contribution in [-0.4, -0.2) is 15.2 Å². The first-order valence-corrected chi connectivity index (χ1v) is 4.29. The second-order valence-corrected chi connectivity index (χ2v) is 2.87. The van der Waals surface area contributed by atoms with E-state index in [2.05, 4.69) is 15.2 Å². The molecule has 5 heteroatoms. The zero-order valence-corrected chi connectivity index (χ0v) is 7.85. The van der Waals surface area contributed by atoms with E-state index >= 15 is 0 Å². The third-order valence-electron chi connectivity index (χ3n) is 1.48. The predicted molar refractivity (Wildman–Crippen MR) is 51.4 cm³/mol. The summed E-state index contributed by atoms with van der Waals surface area (Å²) in [6.07, 6.45) is 3.28. The van der Waals surface area contributed by atoms with Crippen molar-refractivity contribution in [3.8, 4) is 11.6 Å². The summed E-state index contributed by atoms with van der Waals surface area (Å²) in [7, 11) is 0. The Kier molecular flexibility index (Phi) is 2.55. The molecular formula is C9H6ClN3O. The average Bonchev–Trinajstić information content (AvgIpc) is 2.23. The lowest BCUT2D eigenvalue weighted by molar-refractivity contribution is 0.454. The Hall–Kier alpha value is -1.68. The van der Waals surface area contributed by atoms with Gasteiger partial charge < -0.3 is 4.74 Å². The van der Waals surface area contributed by atoms with Gasteiger partial charge in [-0.2, -0.15) is 0 Å². The number of hydrogen-bond acceptors (Lipinski definition) is 4. The van der Waals surface area contributed by atoms with Crippen LogP contribution in [0.3, 0.4) is 0 Å². The molecule has 0 aliphatic heterocycles. The number of hydrogen-bond donors (Lipinski definition) is 0. The monoisotopic (exact) mass is 207 g/mol. The third kappa shape index (κ3) is 2.17. The quantitative estimate of drug-likeness (QED) is 0.758. The molecule has 2 aromatic heterocycles. The molecule has 0 saturated carbocycles. The minimum Gasteiger partial charge on any atom is -0.437 e. The van der Waals surface area contributed by atoms with Crippen LogP contribution in [-0.2, 0) is 0 Å². The maximum atomic E-state index is 5.58. The van der Waals surface area contributed by atoms with Crippen molar-refractivity contribution in [3.63, 3.8) is 0 Å². The van der Waals surface area contributed by atoms with Gasteiger partial charge in [-0.15, -0.1) is 10.2 Å². The van der Waals surface area contributed by atoms with Crippen LogP contribution in [0.1, 0.15) is 0 Å². The van der Waals surface area contributed by atoms with E-state index in [-0.39, 0.29) is 0 Å². The molecule has 2 aromatic rings. The molecule has 0 saturated heterocycles. The summed E-state index contributed by atoms with van der Waals surface area (Å²) in [5.74, 6) is 1.07. The van der Waals surface area contributed by atoms with Crippen molar-refractivity contribution >= 4 is 11.6 Å². The van der Waals surface area contributed by atoms with Crippen LogP contribution in [0.2, 0.25) is 5.15 Å². The van der Waals surface area contributed by atoms with Crippen molar-refractivity contribution in [1.29, 1.82) is 0 Å². The topological polar surface area (TPSA) is 47.9 Å². The van der Waals surface area contributed by atoms with Crippen LogP contribution in [0.15, 0.2) is 36.7 Å². The average molecular weight is 208 g/mol. The highest BCUT2D eigenvalue weighted by molar-refractivity contribution is 6.29. The maximum absolute atomic E-state index is 5.58. The van der Waals surface area contributed by atoms with Crippen molar-refractivity contribution in [2.45, 2.75) is 0 Å². The fourth-order valence-corrected chi connectivity index (χ4v) is 0.986. The summed E-state index contributed by atoms with van der Waals surface area (Å²) in [6.45, 7) is 0. The SMILES string of the molecule is Clc1ccc(Oc2ccncc2)nn1. The van der Waals surface area contributed by atoms with Crippen LogP contribution < -0.4 is 4.74 Å². The van der Waals surface area contributed by atoms with E-state index in [1.807, 2.05) is 0 Å². The van der Waals surface area contributed by atoms with Crippen LogP contribution in [0.4, 0.5) is 0 Å². The van der Waals surface area contributed by atoms with Gasteiger partial charge in [-0.3, -0.25) is 4.98 Å². The number of rotatable bonds is 2. The number of ether oxygens (including phenoxy) is 1. The smallest absolute Gasteiger partial charge is 0.238 e. The molecule has 14 heavy (non-hydrogen) atoms. The van der Waals surface area contributed by atoms with Crippen molar-refractivity contribution in [2.75, 3.05) is 0 Å². The van der Waals surface area contributed by atoms with Gasteiger partial charge in [0.25, 0.3) is 0 Å². The number of halogens is 1. The van der Waals surface area contributed by atoms with E-state index < -0.39 is 0 Å². The summed E-state index contributed by atoms with van der Waals surface area (Å²) in [6, 6.07) is 6.73. The Morgan fingerprint density at radius 3 is 2.43 bits per heavy atom. The molecule has 0 amide bonds. The molecule has 0 radical (unpaired) electrons. The molecule has 0 fully saturated rings. The first-order chi connectivity index (χ1) is 6.84. The minimum atomic E-state index is 0.340. The highest BCUT2D eigenvalue weighted by atomic mass is 35.5. The van der Waals surface area contributed by atoms with Crippen LogP contribution in [0.5, 0.6) is 11.6 Å². The summed E-state index contributed by atoms with van der Waals surface area (Å²) in [5, 5.41) is 7.74. The van der Waals surface area contributed by atoms with Gasteiger partial charge in [0.1, 0.15) is 5.75 Å². The van der Waals surface area contributed by atoms with E-state index in [9.17, 15) is 0 Å². The fourth-order valence-electron chi connectivity index (χ4n) is 0.885. The van der Waals surface area contributed by atoms with Gasteiger partial charge in [-0.05, 0) is 18.2 Å². The van der Waals surface area contributed by atoms with E-state index in [4.69, 9.17) is 16.3 Å². The van der Waals surface area contributed by atoms with Crippen molar-refractivity contribution in [2.24, 2.45) is 0 Å². The minimum absolute atomic E-state index is 0.340. The van der Waals surface area contributed by atoms with E-state index in [0.717, 1.165) is 0 Å². The lowest BCUT2D eigenvalue weighted by Crippen LogP contribution is -1.89. The Morgan fingerprint density at radius 1 is 1.00 bits per heavy atom. The normalized spacial score (nSPS) is 9.79. The van der Waals surface area contributed by atoms with Crippen molar-refractivity contribution in [1.82, 2.24) is 15.2 Å². The van der Waals surface area contributed by atoms with Crippen LogP contribution in [0.25, 0.3) is 0 Å². The van der Waals surface area contributed by atoms with Gasteiger partial charge in [0.15, 0.2) is 5.15 Å². The lowest BCUT2D eigenvalue weighted by atomic mass is 10.4. The number of aromatic nitrogens is 3. The molecule has 0 aromatic carbocycles. The molecule has 0 bridgehead atoms. The van der Waals surface area contributed by atoms with Crippen molar-refractivity contribution in [3.05, 3.63) is 41.8 Å². The summed E-state index contributed by atoms with van der Waals surface area (Å²) >= 11 is 5.58. The molecule has 2 rings (SSSR count). The molecule has 0 spiro atoms. The number of pyridine rings is 1. The molecule has 70 valence electrons. The van der Waals surface area contributed by atoms with Crippen molar-refractivity contribution < 1.29 is 4.74 Å². The Morgan fingerprint density at radius 2 is 1.79 bits per heavy atom. The highest BCUT2D eigenvalue weighted by Crippen LogP contribution is 2.17. The first-order valence-electron chi connectivity index (χ1n) is 3.92. The zero-order chi connectivity index (χ0) is 9.80. The predicted octanol–water partition coefficient (Wildman–Crippen LogP) is 2.32. The second kappa shape index (κ2) is 4.02. The van der Waals surface area contributed by atoms with Gasteiger partial charge in [0.05, 0.1) is 0 Å². The van der Waals surface area contributed by atoms with Crippen LogP contribution in [0, 0.1) is 0 Å². The standard InChI is InChI=1S/C9H6ClN3O/c10-8-1-2-9(13-12-8)14-7-3-5-11-6-4-7/h1-6H. The molecule has 0 unspecified atom stereocenters. The molecule has 4 nitrogen and oxygen atoms in total. The largest absolute Gasteiger partial charge is 0.437 e. The maximum Gasteiger partial charge on any atom is 0.238 e. The van der Waals surface area contributed by atoms with E-state index in [1.54, 1.807) is 36.7 Å². The third-order valence-corrected chi connectivity index (χ3v) is 1.68. The summed E-state index contributed by atoms with van der Waals surface area (Å²) < 4.78 is 5.36. The summed E-state index contributed by atoms with van der Waals surface area (Å²) in [4.78, 5) is 3.86. The zero-order valence-electron chi connectivity index (χ0n) is 7.09. The first kappa shape index (κ1) is 8.90. The Bertz CT molecular complexity index is 404. The highest BCUT2D eigenvalue weighted by Gasteiger charge is 1.98. The molecule has 0 aliphatic carbocycles. The Balaban J connectivity index is 2.16. The van der Waals surface area contributed by atoms with Crippen LogP contribution >= 0.6 is 11.6 Å². The van der Waals surface area contributed by atoms with Gasteiger partial charge in [0.2, 0.25) is 5.88 Å². The van der Waals surface area contributed by atoms with Gasteiger partial charge in [-0.1, -0.05) is 11.6 Å². The molecular weight excluding hydrogens is 202 g/mol. The summed E-state index contributed by atoms with van der Waals surface area (Å²) in [5.41, 5.74) is 0. The Labute approximate surface area is 85.5 Å². The fraction of sp³-hybridized carbons (Fsp3) is 0.